The maximum atomic E-state index is 10.4. The van der Waals surface area contributed by atoms with Gasteiger partial charge in [-0.15, -0.1) is 0 Å². The van der Waals surface area contributed by atoms with Crippen LogP contribution >= 0.6 is 0 Å². The third kappa shape index (κ3) is 1.74. The minimum absolute atomic E-state index is 0.0547. The molecule has 5 nitrogen and oxygen atoms in total. The Morgan fingerprint density at radius 3 is 2.50 bits per heavy atom. The summed E-state index contributed by atoms with van der Waals surface area (Å²) in [5.41, 5.74) is 0. The Balaban J connectivity index is 2.59. The fourth-order valence-corrected chi connectivity index (χ4v) is 1.23. The first kappa shape index (κ1) is 9.44. The van der Waals surface area contributed by atoms with E-state index in [1.807, 2.05) is 0 Å². The second kappa shape index (κ2) is 3.38. The van der Waals surface area contributed by atoms with Crippen molar-refractivity contribution in [2.24, 2.45) is 0 Å². The molecule has 0 unspecified atom stereocenters. The van der Waals surface area contributed by atoms with Crippen molar-refractivity contribution >= 4 is 5.97 Å². The number of ether oxygens (including phenoxy) is 1. The van der Waals surface area contributed by atoms with E-state index in [-0.39, 0.29) is 6.42 Å². The Labute approximate surface area is 69.6 Å². The molecule has 5 heteroatoms. The summed E-state index contributed by atoms with van der Waals surface area (Å²) >= 11 is 0. The molecule has 0 saturated carbocycles. The first-order valence-electron chi connectivity index (χ1n) is 3.76. The van der Waals surface area contributed by atoms with E-state index >= 15 is 0 Å². The minimum atomic E-state index is -1.10. The van der Waals surface area contributed by atoms with Crippen molar-refractivity contribution in [2.45, 2.75) is 37.8 Å². The van der Waals surface area contributed by atoms with Crippen molar-refractivity contribution in [1.29, 1.82) is 0 Å². The van der Waals surface area contributed by atoms with Crippen molar-refractivity contribution in [3.05, 3.63) is 0 Å². The molecule has 1 aliphatic rings. The molecule has 0 bridgehead atoms. The molecule has 0 radical (unpaired) electrons. The van der Waals surface area contributed by atoms with E-state index in [1.165, 1.54) is 6.92 Å². The number of carboxylic acid groups (broad SMARTS) is 1. The van der Waals surface area contributed by atoms with E-state index in [4.69, 9.17) is 9.84 Å². The highest BCUT2D eigenvalue weighted by atomic mass is 16.5. The summed E-state index contributed by atoms with van der Waals surface area (Å²) in [4.78, 5) is 10.4. The van der Waals surface area contributed by atoms with Gasteiger partial charge in [0.2, 0.25) is 0 Å². The van der Waals surface area contributed by atoms with Crippen LogP contribution in [0.1, 0.15) is 13.3 Å². The van der Waals surface area contributed by atoms with Crippen molar-refractivity contribution in [1.82, 2.24) is 0 Å². The molecule has 12 heavy (non-hydrogen) atoms. The zero-order valence-electron chi connectivity index (χ0n) is 6.67. The molecular weight excluding hydrogens is 164 g/mol. The summed E-state index contributed by atoms with van der Waals surface area (Å²) in [5, 5.41) is 26.9. The molecule has 0 aromatic rings. The van der Waals surface area contributed by atoms with Crippen LogP contribution in [0.2, 0.25) is 0 Å². The predicted octanol–water partition coefficient (Wildman–Crippen LogP) is -1.03. The van der Waals surface area contributed by atoms with E-state index in [2.05, 4.69) is 0 Å². The monoisotopic (exact) mass is 176 g/mol. The van der Waals surface area contributed by atoms with Crippen LogP contribution in [0.5, 0.6) is 0 Å². The quantitative estimate of drug-likeness (QED) is 0.475. The number of aliphatic hydroxyl groups excluding tert-OH is 2. The van der Waals surface area contributed by atoms with Crippen LogP contribution in [0.15, 0.2) is 0 Å². The summed E-state index contributed by atoms with van der Waals surface area (Å²) in [6.45, 7) is 1.53. The van der Waals surface area contributed by atoms with Gasteiger partial charge in [0.25, 0.3) is 0 Å². The number of aliphatic hydroxyl groups is 2. The van der Waals surface area contributed by atoms with Gasteiger partial charge in [-0.3, -0.25) is 0 Å². The van der Waals surface area contributed by atoms with Crippen molar-refractivity contribution in [2.75, 3.05) is 0 Å². The number of rotatable bonds is 1. The van der Waals surface area contributed by atoms with Crippen molar-refractivity contribution in [3.63, 3.8) is 0 Å². The first-order chi connectivity index (χ1) is 5.52. The molecule has 3 N–H and O–H groups in total. The number of carboxylic acids is 1. The molecule has 4 atom stereocenters. The molecule has 1 aliphatic heterocycles. The van der Waals surface area contributed by atoms with Crippen LogP contribution in [-0.4, -0.2) is 45.7 Å². The minimum Gasteiger partial charge on any atom is -0.479 e. The normalized spacial score (nSPS) is 42.6. The lowest BCUT2D eigenvalue weighted by atomic mass is 9.99. The number of carbonyl (C=O) groups is 1. The molecular formula is C7H12O5. The van der Waals surface area contributed by atoms with Gasteiger partial charge in [0, 0.05) is 6.42 Å². The molecule has 1 rings (SSSR count). The average molecular weight is 176 g/mol. The predicted molar refractivity (Wildman–Crippen MR) is 38.6 cm³/mol. The van der Waals surface area contributed by atoms with Crippen molar-refractivity contribution in [3.8, 4) is 0 Å². The third-order valence-electron chi connectivity index (χ3n) is 1.99. The Morgan fingerprint density at radius 2 is 2.08 bits per heavy atom. The maximum Gasteiger partial charge on any atom is 0.332 e. The highest BCUT2D eigenvalue weighted by Gasteiger charge is 2.37. The van der Waals surface area contributed by atoms with Crippen LogP contribution in [-0.2, 0) is 9.53 Å². The summed E-state index contributed by atoms with van der Waals surface area (Å²) in [6.07, 6.45) is -3.68. The van der Waals surface area contributed by atoms with E-state index in [0.29, 0.717) is 0 Å². The van der Waals surface area contributed by atoms with E-state index in [1.54, 1.807) is 0 Å². The van der Waals surface area contributed by atoms with Gasteiger partial charge < -0.3 is 20.1 Å². The van der Waals surface area contributed by atoms with Gasteiger partial charge in [0.1, 0.15) is 6.10 Å². The Hall–Kier alpha value is -0.650. The molecule has 1 fully saturated rings. The van der Waals surface area contributed by atoms with E-state index in [9.17, 15) is 15.0 Å². The lowest BCUT2D eigenvalue weighted by Gasteiger charge is -2.33. The summed E-state index contributed by atoms with van der Waals surface area (Å²) in [5.74, 6) is -1.10. The Bertz CT molecular complexity index is 169. The zero-order valence-corrected chi connectivity index (χ0v) is 6.67. The van der Waals surface area contributed by atoms with E-state index in [0.717, 1.165) is 0 Å². The molecule has 1 heterocycles. The van der Waals surface area contributed by atoms with Gasteiger partial charge in [-0.1, -0.05) is 0 Å². The molecule has 1 saturated heterocycles. The zero-order chi connectivity index (χ0) is 9.30. The Kier molecular flexibility index (Phi) is 2.66. The fourth-order valence-electron chi connectivity index (χ4n) is 1.23. The van der Waals surface area contributed by atoms with Crippen LogP contribution in [0.4, 0.5) is 0 Å². The maximum absolute atomic E-state index is 10.4. The van der Waals surface area contributed by atoms with Gasteiger partial charge >= 0.3 is 5.97 Å². The summed E-state index contributed by atoms with van der Waals surface area (Å²) < 4.78 is 4.92. The third-order valence-corrected chi connectivity index (χ3v) is 1.99. The molecule has 0 aromatic carbocycles. The first-order valence-corrected chi connectivity index (χ1v) is 3.76. The Morgan fingerprint density at radius 1 is 1.50 bits per heavy atom. The molecule has 0 aromatic heterocycles. The lowest BCUT2D eigenvalue weighted by molar-refractivity contribution is -0.186. The van der Waals surface area contributed by atoms with Gasteiger partial charge in [-0.2, -0.15) is 0 Å². The van der Waals surface area contributed by atoms with Crippen LogP contribution in [0.25, 0.3) is 0 Å². The summed E-state index contributed by atoms with van der Waals surface area (Å²) in [7, 11) is 0. The van der Waals surface area contributed by atoms with Crippen LogP contribution in [0, 0.1) is 0 Å². The average Bonchev–Trinajstić information content (AvgIpc) is 1.99. The molecule has 0 amide bonds. The lowest BCUT2D eigenvalue weighted by Crippen LogP contribution is -2.49. The topological polar surface area (TPSA) is 87.0 Å². The van der Waals surface area contributed by atoms with Gasteiger partial charge in [-0.05, 0) is 6.92 Å². The number of aliphatic carboxylic acids is 1. The summed E-state index contributed by atoms with van der Waals surface area (Å²) in [6, 6.07) is 0. The second-order valence-corrected chi connectivity index (χ2v) is 2.96. The highest BCUT2D eigenvalue weighted by molar-refractivity contribution is 5.72. The van der Waals surface area contributed by atoms with Gasteiger partial charge in [0.05, 0.1) is 12.2 Å². The standard InChI is InChI=1S/C7H12O5/c1-3-6(9)4(8)2-5(12-3)7(10)11/h3-6,8-9H,2H2,1H3,(H,10,11)/t3-,4-,5-,6-/m0/s1. The highest BCUT2D eigenvalue weighted by Crippen LogP contribution is 2.19. The molecule has 0 aliphatic carbocycles. The van der Waals surface area contributed by atoms with Crippen LogP contribution in [0.3, 0.4) is 0 Å². The number of hydrogen-bond acceptors (Lipinski definition) is 4. The number of hydrogen-bond donors (Lipinski definition) is 3. The SMILES string of the molecule is C[C@@H]1O[C@H](C(=O)O)C[C@H](O)[C@H]1O. The van der Waals surface area contributed by atoms with Gasteiger partial charge in [-0.25, -0.2) is 4.79 Å². The van der Waals surface area contributed by atoms with Crippen LogP contribution < -0.4 is 0 Å². The smallest absolute Gasteiger partial charge is 0.332 e. The molecule has 0 spiro atoms. The largest absolute Gasteiger partial charge is 0.479 e. The molecule has 70 valence electrons. The van der Waals surface area contributed by atoms with Crippen molar-refractivity contribution < 1.29 is 24.9 Å². The second-order valence-electron chi connectivity index (χ2n) is 2.96. The van der Waals surface area contributed by atoms with Gasteiger partial charge in [0.15, 0.2) is 6.10 Å². The van der Waals surface area contributed by atoms with E-state index < -0.39 is 30.4 Å². The fraction of sp³-hybridized carbons (Fsp3) is 0.857.